The van der Waals surface area contributed by atoms with E-state index in [9.17, 15) is 19.7 Å². The Kier molecular flexibility index (Phi) is 6.76. The van der Waals surface area contributed by atoms with Crippen molar-refractivity contribution in [1.82, 2.24) is 0 Å². The summed E-state index contributed by atoms with van der Waals surface area (Å²) in [6.07, 6.45) is 0. The fraction of sp³-hybridized carbons (Fsp3) is 0.222. The molecule has 0 aliphatic rings. The van der Waals surface area contributed by atoms with Gasteiger partial charge in [0, 0.05) is 23.0 Å². The molecule has 0 spiro atoms. The number of ether oxygens (including phenoxy) is 1. The molecule has 0 fully saturated rings. The number of rotatable bonds is 6. The molecule has 0 heterocycles. The van der Waals surface area contributed by atoms with Crippen LogP contribution in [0, 0.1) is 10.1 Å². The molecule has 0 unspecified atom stereocenters. The second kappa shape index (κ2) is 8.83. The first-order chi connectivity index (χ1) is 12.7. The molecule has 0 aliphatic heterocycles. The third kappa shape index (κ3) is 4.96. The van der Waals surface area contributed by atoms with Gasteiger partial charge in [-0.05, 0) is 36.8 Å². The number of hydrogen-bond donors (Lipinski definition) is 0. The van der Waals surface area contributed by atoms with Crippen molar-refractivity contribution in [3.8, 4) is 0 Å². The minimum Gasteiger partial charge on any atom is -0.462 e. The second-order valence-corrected chi connectivity index (χ2v) is 6.37. The van der Waals surface area contributed by atoms with E-state index in [4.69, 9.17) is 27.9 Å². The van der Waals surface area contributed by atoms with Gasteiger partial charge < -0.3 is 9.64 Å². The maximum atomic E-state index is 12.2. The number of nitrogens with zero attached hydrogens (tertiary/aromatic N) is 2. The molecule has 0 saturated carbocycles. The topological polar surface area (TPSA) is 89.8 Å². The van der Waals surface area contributed by atoms with Crippen LogP contribution >= 0.6 is 23.2 Å². The lowest BCUT2D eigenvalue weighted by Crippen LogP contribution is -2.29. The molecule has 0 saturated heterocycles. The van der Waals surface area contributed by atoms with Crippen LogP contribution < -0.4 is 4.90 Å². The molecule has 0 aliphatic carbocycles. The van der Waals surface area contributed by atoms with Crippen LogP contribution in [0.3, 0.4) is 0 Å². The van der Waals surface area contributed by atoms with Crippen molar-refractivity contribution in [3.63, 3.8) is 0 Å². The molecule has 27 heavy (non-hydrogen) atoms. The van der Waals surface area contributed by atoms with Gasteiger partial charge in [-0.3, -0.25) is 14.9 Å². The van der Waals surface area contributed by atoms with Crippen LogP contribution in [0.5, 0.6) is 0 Å². The highest BCUT2D eigenvalue weighted by atomic mass is 35.5. The van der Waals surface area contributed by atoms with Crippen LogP contribution in [0.1, 0.15) is 29.8 Å². The first kappa shape index (κ1) is 20.7. The van der Waals surface area contributed by atoms with E-state index in [-0.39, 0.29) is 30.1 Å². The second-order valence-electron chi connectivity index (χ2n) is 5.52. The molecule has 0 N–H and O–H groups in total. The van der Waals surface area contributed by atoms with Crippen molar-refractivity contribution < 1.29 is 19.2 Å². The molecule has 2 aromatic carbocycles. The number of benzene rings is 2. The number of esters is 1. The Labute approximate surface area is 165 Å². The predicted octanol–water partition coefficient (Wildman–Crippen LogP) is 4.63. The molecule has 0 radical (unpaired) electrons. The average Bonchev–Trinajstić information content (AvgIpc) is 2.60. The monoisotopic (exact) mass is 410 g/mol. The Balaban J connectivity index is 2.53. The zero-order chi connectivity index (χ0) is 20.1. The summed E-state index contributed by atoms with van der Waals surface area (Å²) in [7, 11) is 0. The van der Waals surface area contributed by atoms with E-state index in [2.05, 4.69) is 0 Å². The summed E-state index contributed by atoms with van der Waals surface area (Å²) in [5.74, 6) is -1.09. The highest BCUT2D eigenvalue weighted by Gasteiger charge is 2.25. The van der Waals surface area contributed by atoms with E-state index in [0.29, 0.717) is 15.6 Å². The molecule has 0 aromatic heterocycles. The van der Waals surface area contributed by atoms with Gasteiger partial charge in [0.2, 0.25) is 5.91 Å². The average molecular weight is 411 g/mol. The summed E-state index contributed by atoms with van der Waals surface area (Å²) in [4.78, 5) is 36.2. The molecule has 1 amide bonds. The van der Waals surface area contributed by atoms with E-state index < -0.39 is 16.8 Å². The zero-order valence-electron chi connectivity index (χ0n) is 14.6. The molecule has 2 rings (SSSR count). The van der Waals surface area contributed by atoms with Crippen molar-refractivity contribution >= 4 is 46.5 Å². The summed E-state index contributed by atoms with van der Waals surface area (Å²) < 4.78 is 4.93. The quantitative estimate of drug-likeness (QED) is 0.393. The van der Waals surface area contributed by atoms with Crippen LogP contribution in [0.25, 0.3) is 0 Å². The van der Waals surface area contributed by atoms with Gasteiger partial charge in [-0.15, -0.1) is 0 Å². The maximum absolute atomic E-state index is 12.2. The lowest BCUT2D eigenvalue weighted by atomic mass is 10.1. The predicted molar refractivity (Wildman–Crippen MR) is 102 cm³/mol. The molecule has 142 valence electrons. The van der Waals surface area contributed by atoms with Crippen molar-refractivity contribution in [2.75, 3.05) is 11.5 Å². The molecular formula is C18H16Cl2N2O5. The number of nitro benzene ring substituents is 1. The first-order valence-corrected chi connectivity index (χ1v) is 8.67. The van der Waals surface area contributed by atoms with Gasteiger partial charge in [0.1, 0.15) is 5.69 Å². The lowest BCUT2D eigenvalue weighted by molar-refractivity contribution is -0.384. The van der Waals surface area contributed by atoms with Crippen LogP contribution in [-0.4, -0.2) is 23.4 Å². The summed E-state index contributed by atoms with van der Waals surface area (Å²) in [6, 6.07) is 8.46. The standard InChI is InChI=1S/C18H16Cl2N2O5/c1-3-27-18(24)12-5-7-16(22(25)26)17(8-12)21(11(2)23)10-13-4-6-14(19)9-15(13)20/h4-9H,3,10H2,1-2H3. The largest absolute Gasteiger partial charge is 0.462 e. The van der Waals surface area contributed by atoms with E-state index in [1.165, 1.54) is 36.1 Å². The molecule has 7 nitrogen and oxygen atoms in total. The number of nitro groups is 1. The zero-order valence-corrected chi connectivity index (χ0v) is 16.1. The minimum atomic E-state index is -0.637. The van der Waals surface area contributed by atoms with Gasteiger partial charge in [0.25, 0.3) is 5.69 Å². The Morgan fingerprint density at radius 3 is 2.44 bits per heavy atom. The van der Waals surface area contributed by atoms with Crippen molar-refractivity contribution in [1.29, 1.82) is 0 Å². The molecule has 0 atom stereocenters. The Morgan fingerprint density at radius 2 is 1.89 bits per heavy atom. The highest BCUT2D eigenvalue weighted by molar-refractivity contribution is 6.35. The van der Waals surface area contributed by atoms with Gasteiger partial charge >= 0.3 is 5.97 Å². The SMILES string of the molecule is CCOC(=O)c1ccc([N+](=O)[O-])c(N(Cc2ccc(Cl)cc2Cl)C(C)=O)c1. The Morgan fingerprint density at radius 1 is 1.19 bits per heavy atom. The van der Waals surface area contributed by atoms with Gasteiger partial charge in [0.15, 0.2) is 0 Å². The molecule has 9 heteroatoms. The number of carbonyl (C=O) groups excluding carboxylic acids is 2. The van der Waals surface area contributed by atoms with E-state index in [1.54, 1.807) is 19.1 Å². The number of anilines is 1. The van der Waals surface area contributed by atoms with Crippen LogP contribution in [0.15, 0.2) is 36.4 Å². The summed E-state index contributed by atoms with van der Waals surface area (Å²) >= 11 is 12.0. The summed E-state index contributed by atoms with van der Waals surface area (Å²) in [5.41, 5.74) is 0.311. The van der Waals surface area contributed by atoms with E-state index in [1.807, 2.05) is 0 Å². The molecule has 0 bridgehead atoms. The normalized spacial score (nSPS) is 10.4. The van der Waals surface area contributed by atoms with Crippen molar-refractivity contribution in [2.45, 2.75) is 20.4 Å². The van der Waals surface area contributed by atoms with Crippen LogP contribution in [0.4, 0.5) is 11.4 Å². The Bertz CT molecular complexity index is 901. The highest BCUT2D eigenvalue weighted by Crippen LogP contribution is 2.32. The number of amides is 1. The van der Waals surface area contributed by atoms with Gasteiger partial charge in [-0.25, -0.2) is 4.79 Å². The molecule has 2 aromatic rings. The van der Waals surface area contributed by atoms with E-state index >= 15 is 0 Å². The number of carbonyl (C=O) groups is 2. The smallest absolute Gasteiger partial charge is 0.338 e. The molecular weight excluding hydrogens is 395 g/mol. The van der Waals surface area contributed by atoms with Crippen molar-refractivity contribution in [2.24, 2.45) is 0 Å². The fourth-order valence-electron chi connectivity index (χ4n) is 2.42. The minimum absolute atomic E-state index is 0.0240. The lowest BCUT2D eigenvalue weighted by Gasteiger charge is -2.22. The fourth-order valence-corrected chi connectivity index (χ4v) is 2.89. The third-order valence-corrected chi connectivity index (χ3v) is 4.28. The van der Waals surface area contributed by atoms with E-state index in [0.717, 1.165) is 0 Å². The van der Waals surface area contributed by atoms with Gasteiger partial charge in [-0.1, -0.05) is 29.3 Å². The van der Waals surface area contributed by atoms with Crippen LogP contribution in [0.2, 0.25) is 10.0 Å². The summed E-state index contributed by atoms with van der Waals surface area (Å²) in [5, 5.41) is 12.2. The first-order valence-electron chi connectivity index (χ1n) is 7.92. The van der Waals surface area contributed by atoms with Crippen molar-refractivity contribution in [3.05, 3.63) is 67.7 Å². The van der Waals surface area contributed by atoms with Gasteiger partial charge in [-0.2, -0.15) is 0 Å². The third-order valence-electron chi connectivity index (χ3n) is 3.70. The van der Waals surface area contributed by atoms with Gasteiger partial charge in [0.05, 0.1) is 23.6 Å². The summed E-state index contributed by atoms with van der Waals surface area (Å²) in [6.45, 7) is 3.04. The number of halogens is 2. The maximum Gasteiger partial charge on any atom is 0.338 e. The number of hydrogen-bond acceptors (Lipinski definition) is 5. The Hall–Kier alpha value is -2.64. The van der Waals surface area contributed by atoms with Crippen LogP contribution in [-0.2, 0) is 16.1 Å².